The molecule has 2 aromatic heterocycles. The summed E-state index contributed by atoms with van der Waals surface area (Å²) in [5.74, 6) is -0.132. The van der Waals surface area contributed by atoms with Crippen molar-refractivity contribution in [1.29, 1.82) is 0 Å². The lowest BCUT2D eigenvalue weighted by Crippen LogP contribution is -2.25. The average Bonchev–Trinajstić information content (AvgIpc) is 3.30. The maximum absolute atomic E-state index is 12.4. The molecule has 156 valence electrons. The van der Waals surface area contributed by atoms with E-state index in [4.69, 9.17) is 0 Å². The van der Waals surface area contributed by atoms with Gasteiger partial charge in [-0.25, -0.2) is 0 Å². The molecule has 0 fully saturated rings. The van der Waals surface area contributed by atoms with Crippen LogP contribution in [0.15, 0.2) is 92.9 Å². The number of carbonyl (C=O) groups is 1. The van der Waals surface area contributed by atoms with Crippen LogP contribution in [0.25, 0.3) is 5.69 Å². The molecule has 0 radical (unpaired) electrons. The van der Waals surface area contributed by atoms with Crippen molar-refractivity contribution in [3.63, 3.8) is 0 Å². The molecule has 5 nitrogen and oxygen atoms in total. The summed E-state index contributed by atoms with van der Waals surface area (Å²) in [6, 6.07) is 22.3. The van der Waals surface area contributed by atoms with E-state index in [0.29, 0.717) is 17.8 Å². The highest BCUT2D eigenvalue weighted by Gasteiger charge is 2.08. The molecule has 0 bridgehead atoms. The van der Waals surface area contributed by atoms with Crippen LogP contribution >= 0.6 is 23.1 Å². The maximum atomic E-state index is 12.4. The quantitative estimate of drug-likeness (QED) is 0.445. The number of aromatic nitrogens is 2. The minimum absolute atomic E-state index is 0.132. The highest BCUT2D eigenvalue weighted by molar-refractivity contribution is 7.99. The lowest BCUT2D eigenvalue weighted by Gasteiger charge is -2.08. The second kappa shape index (κ2) is 9.76. The normalized spacial score (nSPS) is 10.7. The summed E-state index contributed by atoms with van der Waals surface area (Å²) in [5, 5.41) is 10.2. The van der Waals surface area contributed by atoms with E-state index < -0.39 is 0 Å². The molecular formula is C24H21N3O2S2. The Morgan fingerprint density at radius 3 is 2.52 bits per heavy atom. The number of benzene rings is 2. The lowest BCUT2D eigenvalue weighted by molar-refractivity contribution is 0.0954. The summed E-state index contributed by atoms with van der Waals surface area (Å²) in [4.78, 5) is 27.0. The molecule has 0 spiro atoms. The van der Waals surface area contributed by atoms with Crippen molar-refractivity contribution in [2.45, 2.75) is 23.3 Å². The molecule has 0 aliphatic heterocycles. The van der Waals surface area contributed by atoms with Crippen molar-refractivity contribution in [2.24, 2.45) is 0 Å². The third-order valence-electron chi connectivity index (χ3n) is 4.63. The molecule has 0 unspecified atom stereocenters. The molecule has 4 rings (SSSR count). The van der Waals surface area contributed by atoms with Crippen molar-refractivity contribution in [1.82, 2.24) is 15.1 Å². The van der Waals surface area contributed by atoms with E-state index in [1.807, 2.05) is 42.6 Å². The topological polar surface area (TPSA) is 64.0 Å². The second-order valence-corrected chi connectivity index (χ2v) is 9.09. The van der Waals surface area contributed by atoms with E-state index in [9.17, 15) is 9.59 Å². The first-order chi connectivity index (χ1) is 15.1. The van der Waals surface area contributed by atoms with Crippen molar-refractivity contribution >= 4 is 29.0 Å². The number of thiophene rings is 1. The summed E-state index contributed by atoms with van der Waals surface area (Å²) in [6.45, 7) is 2.63. The molecular weight excluding hydrogens is 426 g/mol. The Labute approximate surface area is 188 Å². The molecule has 4 aromatic rings. The third kappa shape index (κ3) is 5.51. The van der Waals surface area contributed by atoms with Crippen LogP contribution in [0.2, 0.25) is 0 Å². The van der Waals surface area contributed by atoms with E-state index in [1.165, 1.54) is 33.0 Å². The number of rotatable bonds is 7. The first-order valence-electron chi connectivity index (χ1n) is 9.84. The summed E-state index contributed by atoms with van der Waals surface area (Å²) in [6.07, 6.45) is 0.812. The fourth-order valence-electron chi connectivity index (χ4n) is 2.97. The van der Waals surface area contributed by atoms with E-state index >= 15 is 0 Å². The number of carbonyl (C=O) groups excluding carboxylic acids is 1. The van der Waals surface area contributed by atoms with Crippen LogP contribution in [0.3, 0.4) is 0 Å². The Bertz CT molecular complexity index is 1220. The van der Waals surface area contributed by atoms with E-state index in [1.54, 1.807) is 41.7 Å². The van der Waals surface area contributed by atoms with Crippen LogP contribution in [0.4, 0.5) is 0 Å². The average molecular weight is 448 g/mol. The van der Waals surface area contributed by atoms with Gasteiger partial charge in [-0.3, -0.25) is 9.59 Å². The molecule has 1 N–H and O–H groups in total. The number of hydrogen-bond donors (Lipinski definition) is 1. The first kappa shape index (κ1) is 21.1. The van der Waals surface area contributed by atoms with E-state index in [-0.39, 0.29) is 11.5 Å². The largest absolute Gasteiger partial charge is 0.352 e. The fourth-order valence-corrected chi connectivity index (χ4v) is 4.45. The van der Waals surface area contributed by atoms with Gasteiger partial charge >= 0.3 is 0 Å². The zero-order chi connectivity index (χ0) is 21.6. The molecule has 0 aliphatic carbocycles. The van der Waals surface area contributed by atoms with Crippen LogP contribution < -0.4 is 10.9 Å². The summed E-state index contributed by atoms with van der Waals surface area (Å²) >= 11 is 3.18. The third-order valence-corrected chi connectivity index (χ3v) is 6.50. The zero-order valence-electron chi connectivity index (χ0n) is 16.9. The molecule has 0 saturated carbocycles. The number of amides is 1. The van der Waals surface area contributed by atoms with Gasteiger partial charge in [-0.05, 0) is 67.3 Å². The van der Waals surface area contributed by atoms with Gasteiger partial charge in [0.25, 0.3) is 11.5 Å². The fraction of sp³-hybridized carbons (Fsp3) is 0.125. The summed E-state index contributed by atoms with van der Waals surface area (Å²) in [5.41, 5.74) is 2.14. The van der Waals surface area contributed by atoms with Crippen molar-refractivity contribution < 1.29 is 4.79 Å². The molecule has 2 aromatic carbocycles. The minimum atomic E-state index is -0.221. The first-order valence-corrected chi connectivity index (χ1v) is 11.5. The van der Waals surface area contributed by atoms with Crippen LogP contribution in [0.1, 0.15) is 20.8 Å². The maximum Gasteiger partial charge on any atom is 0.271 e. The molecule has 0 aliphatic rings. The van der Waals surface area contributed by atoms with E-state index in [0.717, 1.165) is 16.3 Å². The number of nitrogens with one attached hydrogen (secondary N) is 1. The zero-order valence-corrected chi connectivity index (χ0v) is 18.6. The van der Waals surface area contributed by atoms with Gasteiger partial charge in [0, 0.05) is 27.9 Å². The van der Waals surface area contributed by atoms with Gasteiger partial charge < -0.3 is 5.32 Å². The predicted octanol–water partition coefficient (Wildman–Crippen LogP) is 4.73. The number of aryl methyl sites for hydroxylation is 1. The van der Waals surface area contributed by atoms with Crippen LogP contribution in [0.5, 0.6) is 0 Å². The Balaban J connectivity index is 1.44. The van der Waals surface area contributed by atoms with Gasteiger partial charge in [0.1, 0.15) is 5.03 Å². The molecule has 7 heteroatoms. The van der Waals surface area contributed by atoms with Gasteiger partial charge in [0.05, 0.1) is 5.69 Å². The number of hydrogen-bond acceptors (Lipinski definition) is 5. The molecule has 1 amide bonds. The van der Waals surface area contributed by atoms with Crippen LogP contribution in [0, 0.1) is 6.92 Å². The Morgan fingerprint density at radius 1 is 1.03 bits per heavy atom. The molecule has 2 heterocycles. The lowest BCUT2D eigenvalue weighted by atomic mass is 10.2. The molecule has 0 saturated heterocycles. The Hall–Kier alpha value is -3.16. The predicted molar refractivity (Wildman–Crippen MR) is 125 cm³/mol. The van der Waals surface area contributed by atoms with Gasteiger partial charge in [0.2, 0.25) is 0 Å². The van der Waals surface area contributed by atoms with Gasteiger partial charge in [-0.2, -0.15) is 9.78 Å². The van der Waals surface area contributed by atoms with Crippen LogP contribution in [-0.4, -0.2) is 22.2 Å². The molecule has 0 atom stereocenters. The smallest absolute Gasteiger partial charge is 0.271 e. The Kier molecular flexibility index (Phi) is 6.64. The van der Waals surface area contributed by atoms with Gasteiger partial charge in [0.15, 0.2) is 0 Å². The van der Waals surface area contributed by atoms with Gasteiger partial charge in [-0.15, -0.1) is 11.3 Å². The van der Waals surface area contributed by atoms with Crippen LogP contribution in [-0.2, 0) is 6.42 Å². The highest BCUT2D eigenvalue weighted by Crippen LogP contribution is 2.25. The Morgan fingerprint density at radius 2 is 1.81 bits per heavy atom. The van der Waals surface area contributed by atoms with E-state index in [2.05, 4.69) is 16.5 Å². The monoisotopic (exact) mass is 447 g/mol. The SMILES string of the molecule is Cc1ccc(Sc2ccc(=O)n(-c3ccc(C(=O)NCCc4cccs4)cc3)n2)cc1. The standard InChI is InChI=1S/C24H21N3O2S2/c1-17-4-10-21(11-5-17)31-22-12-13-23(28)27(26-22)19-8-6-18(7-9-19)24(29)25-15-14-20-3-2-16-30-20/h2-13,16H,14-15H2,1H3,(H,25,29). The minimum Gasteiger partial charge on any atom is -0.352 e. The summed E-state index contributed by atoms with van der Waals surface area (Å²) in [7, 11) is 0. The van der Waals surface area contributed by atoms with Crippen molar-refractivity contribution in [3.05, 3.63) is 105 Å². The highest BCUT2D eigenvalue weighted by atomic mass is 32.2. The summed E-state index contributed by atoms with van der Waals surface area (Å²) < 4.78 is 1.36. The second-order valence-electron chi connectivity index (χ2n) is 6.97. The van der Waals surface area contributed by atoms with Gasteiger partial charge in [-0.1, -0.05) is 35.5 Å². The van der Waals surface area contributed by atoms with Crippen molar-refractivity contribution in [3.8, 4) is 5.69 Å². The molecule has 31 heavy (non-hydrogen) atoms. The number of nitrogens with zero attached hydrogens (tertiary/aromatic N) is 2. The van der Waals surface area contributed by atoms with Crippen molar-refractivity contribution in [2.75, 3.05) is 6.54 Å².